The molecule has 0 amide bonds. The largest absolute Gasteiger partial charge is 0.439 e. The van der Waals surface area contributed by atoms with Gasteiger partial charge in [-0.25, -0.2) is 16.5 Å². The maximum atomic E-state index is 11.2. The average Bonchev–Trinajstić information content (AvgIpc) is 2.13. The van der Waals surface area contributed by atoms with E-state index < -0.39 is 31.6 Å². The van der Waals surface area contributed by atoms with Crippen molar-refractivity contribution in [2.45, 2.75) is 0 Å². The van der Waals surface area contributed by atoms with E-state index in [0.717, 1.165) is 8.25 Å². The summed E-state index contributed by atoms with van der Waals surface area (Å²) in [5.74, 6) is 0. The first-order chi connectivity index (χ1) is 7.54. The number of nitrogens with one attached hydrogen (secondary N) is 2. The van der Waals surface area contributed by atoms with Crippen molar-refractivity contribution in [3.63, 3.8) is 0 Å². The van der Waals surface area contributed by atoms with E-state index in [1.54, 1.807) is 0 Å². The molecule has 0 unspecified atom stereocenters. The van der Waals surface area contributed by atoms with E-state index >= 15 is 0 Å². The molecule has 0 aliphatic rings. The first-order valence-electron chi connectivity index (χ1n) is 2.78. The van der Waals surface area contributed by atoms with E-state index in [1.807, 2.05) is 0 Å². The van der Waals surface area contributed by atoms with Gasteiger partial charge in [0.2, 0.25) is 0 Å². The number of rotatable bonds is 6. The van der Waals surface area contributed by atoms with E-state index in [2.05, 4.69) is 15.6 Å². The van der Waals surface area contributed by atoms with Crippen molar-refractivity contribution in [1.29, 1.82) is 0 Å². The van der Waals surface area contributed by atoms with Crippen molar-refractivity contribution >= 4 is 43.8 Å². The van der Waals surface area contributed by atoms with Crippen molar-refractivity contribution in [2.75, 3.05) is 0 Å². The number of hydrogen-bond acceptors (Lipinski definition) is 11. The van der Waals surface area contributed by atoms with Crippen molar-refractivity contribution in [2.24, 2.45) is 0 Å². The fourth-order valence-corrected chi connectivity index (χ4v) is 1.47. The van der Waals surface area contributed by atoms with Gasteiger partial charge in [-0.1, -0.05) is 3.89 Å². The van der Waals surface area contributed by atoms with Gasteiger partial charge in [0.1, 0.15) is 12.2 Å². The zero-order chi connectivity index (χ0) is 14.1. The Morgan fingerprint density at radius 2 is 1.55 bits per heavy atom. The molecular formula is CH5FN2O9Rf3S4-2. The minimum atomic E-state index is -4.76. The van der Waals surface area contributed by atoms with Crippen LogP contribution in [-0.2, 0) is 48.5 Å². The molecule has 0 fully saturated rings. The van der Waals surface area contributed by atoms with E-state index in [4.69, 9.17) is 5.26 Å². The van der Waals surface area contributed by atoms with E-state index in [1.165, 1.54) is 0 Å². The second-order valence-electron chi connectivity index (χ2n) is 1.57. The SMILES string of the molecule is O=S(=O)(F)NSOO.[CH2-]OS(=O)(=O)N[S-](=O)=O.[Rf].[Rf].[Rf]. The Labute approximate surface area is 102 Å². The molecule has 3 N–H and O–H groups in total. The molecule has 0 aromatic carbocycles. The molecule has 0 aliphatic carbocycles. The van der Waals surface area contributed by atoms with Crippen LogP contribution in [0.4, 0.5) is 3.89 Å². The number of hydrogen-bond donors (Lipinski definition) is 3. The molecule has 0 atom stereocenters. The normalized spacial score (nSPS) is 10.2. The third-order valence-electron chi connectivity index (χ3n) is 0.496. The first kappa shape index (κ1) is 30.2. The molecular weight excluding hydrogens is 1130 g/mol. The summed E-state index contributed by atoms with van der Waals surface area (Å²) in [5.41, 5.74) is 0. The Bertz CT molecular complexity index is 467. The minimum absolute atomic E-state index is 0. The zero-order valence-electron chi connectivity index (χ0n) is 9.55. The van der Waals surface area contributed by atoms with Crippen LogP contribution in [0.3, 0.4) is 0 Å². The summed E-state index contributed by atoms with van der Waals surface area (Å²) in [7, 11) is -9.35. The van der Waals surface area contributed by atoms with Crippen molar-refractivity contribution in [3.05, 3.63) is 7.11 Å². The van der Waals surface area contributed by atoms with Gasteiger partial charge in [0.25, 0.3) is 10.3 Å². The van der Waals surface area contributed by atoms with Gasteiger partial charge in [-0.15, -0.1) is 8.46 Å². The Morgan fingerprint density at radius 1 is 1.15 bits per heavy atom. The van der Waals surface area contributed by atoms with Crippen LogP contribution in [0.25, 0.3) is 0 Å². The van der Waals surface area contributed by atoms with E-state index in [0.29, 0.717) is 0 Å². The molecule has 112 valence electrons. The van der Waals surface area contributed by atoms with Gasteiger partial charge >= 0.3 is 10.4 Å². The fraction of sp³-hybridized carbons (Fsp3) is 0. The molecule has 0 heterocycles. The van der Waals surface area contributed by atoms with Gasteiger partial charge in [0, 0.05) is 10.9 Å². The molecule has 0 saturated carbocycles. The predicted octanol–water partition coefficient (Wildman–Crippen LogP) is -1.30. The van der Waals surface area contributed by atoms with Gasteiger partial charge in [0.05, 0.1) is 0 Å². The quantitative estimate of drug-likeness (QED) is 0.0555. The van der Waals surface area contributed by atoms with Crippen LogP contribution in [0.15, 0.2) is 0 Å². The van der Waals surface area contributed by atoms with Crippen LogP contribution < -0.4 is 8.25 Å². The van der Waals surface area contributed by atoms with Gasteiger partial charge in [-0.05, 0) is 0 Å². The molecule has 0 aromatic rings. The molecule has 0 aromatic heterocycles. The summed E-state index contributed by atoms with van der Waals surface area (Å²) in [6.07, 6.45) is 0. The van der Waals surface area contributed by atoms with Crippen LogP contribution in [0.1, 0.15) is 0 Å². The molecule has 0 saturated heterocycles. The minimum Gasteiger partial charge on any atom is -0.439 e. The van der Waals surface area contributed by atoms with E-state index in [9.17, 15) is 29.1 Å². The summed E-state index contributed by atoms with van der Waals surface area (Å²) in [6, 6.07) is 0. The molecule has 19 heteroatoms. The second kappa shape index (κ2) is 12.4. The Balaban J connectivity index is -0.0000000655. The molecule has 0 rings (SSSR count). The summed E-state index contributed by atoms with van der Waals surface area (Å²) in [5, 5.41) is 7.40. The Morgan fingerprint density at radius 3 is 1.65 bits per heavy atom. The summed E-state index contributed by atoms with van der Waals surface area (Å²) in [4.78, 5) is 0. The van der Waals surface area contributed by atoms with Crippen molar-refractivity contribution < 1.29 is 42.9 Å². The number of halogens is 1. The molecule has 11 nitrogen and oxygen atoms in total. The Kier molecular flexibility index (Phi) is 18.7. The standard InChI is InChI=1S/CH3NO5S2.FH2NO4S2.3Rf/c1-7-9(5,6)2-8(3)4;1-8(4,5)2-7-6-3;;;/h1H2,(H,2,3,4);2-3H;;;/q-2;;;;. The smallest absolute Gasteiger partial charge is 0.383 e. The monoisotopic (exact) mass is 1140 g/mol. The van der Waals surface area contributed by atoms with E-state index in [-0.39, 0.29) is 12.2 Å². The third kappa shape index (κ3) is 29.4. The molecule has 20 heavy (non-hydrogen) atoms. The summed E-state index contributed by atoms with van der Waals surface area (Å²) < 4.78 is 78.0. The van der Waals surface area contributed by atoms with Crippen LogP contribution in [0, 0.1) is 7.11 Å². The average molecular weight is 1140 g/mol. The van der Waals surface area contributed by atoms with Crippen LogP contribution in [-0.4, -0.2) is 22.1 Å². The second-order valence-corrected chi connectivity index (χ2v) is 5.71. The molecule has 0 bridgehead atoms. The molecule has 0 spiro atoms. The predicted molar refractivity (Wildman–Crippen MR) is 51.7 cm³/mol. The zero-order valence-corrected chi connectivity index (χ0v) is 32.0. The maximum absolute atomic E-state index is 11.2. The molecule has 0 radical (unpaired) electrons. The van der Waals surface area contributed by atoms with Gasteiger partial charge < -0.3 is 12.6 Å². The first-order valence-corrected chi connectivity index (χ1v) is 7.38. The van der Waals surface area contributed by atoms with Gasteiger partial charge in [-0.2, -0.15) is 16.8 Å². The van der Waals surface area contributed by atoms with Crippen LogP contribution >= 0.6 is 12.2 Å². The topological polar surface area (TPSA) is 165 Å². The molecule has 0 aliphatic heterocycles. The van der Waals surface area contributed by atoms with Crippen molar-refractivity contribution in [3.8, 4) is 0 Å². The van der Waals surface area contributed by atoms with Gasteiger partial charge in [0.15, 0.2) is 0 Å². The maximum Gasteiger partial charge on any atom is 0.383 e. The third-order valence-corrected chi connectivity index (χ3v) is 3.31. The summed E-state index contributed by atoms with van der Waals surface area (Å²) in [6.45, 7) is 0. The van der Waals surface area contributed by atoms with Crippen LogP contribution in [0.5, 0.6) is 0 Å². The Hall–Kier alpha value is -3.07. The van der Waals surface area contributed by atoms with Crippen LogP contribution in [0.2, 0.25) is 0 Å². The van der Waals surface area contributed by atoms with Gasteiger partial charge in [-0.3, -0.25) is 0 Å². The summed E-state index contributed by atoms with van der Waals surface area (Å²) >= 11 is -0.142. The van der Waals surface area contributed by atoms with Crippen molar-refractivity contribution in [1.82, 2.24) is 8.25 Å². The fourth-order valence-electron chi connectivity index (χ4n) is 0.163.